The molecule has 1 aliphatic heterocycles. The van der Waals surface area contributed by atoms with Crippen LogP contribution in [0.4, 0.5) is 0 Å². The largest absolute Gasteiger partial charge is 0.299 e. The highest BCUT2D eigenvalue weighted by Gasteiger charge is 2.24. The Morgan fingerprint density at radius 1 is 1.62 bits per heavy atom. The van der Waals surface area contributed by atoms with Crippen molar-refractivity contribution in [3.63, 3.8) is 0 Å². The third-order valence-corrected chi connectivity index (χ3v) is 3.57. The van der Waals surface area contributed by atoms with Crippen LogP contribution >= 0.6 is 22.6 Å². The van der Waals surface area contributed by atoms with E-state index in [1.165, 1.54) is 24.9 Å². The fourth-order valence-corrected chi connectivity index (χ4v) is 2.65. The monoisotopic (exact) mass is 288 g/mol. The van der Waals surface area contributed by atoms with Crippen LogP contribution in [-0.2, 0) is 0 Å². The van der Waals surface area contributed by atoms with Gasteiger partial charge >= 0.3 is 0 Å². The minimum absolute atomic E-state index is 0.598. The van der Waals surface area contributed by atoms with Crippen molar-refractivity contribution < 1.29 is 0 Å². The maximum absolute atomic E-state index is 4.32. The van der Waals surface area contributed by atoms with Gasteiger partial charge in [0.25, 0.3) is 0 Å². The number of rotatable bonds is 1. The Morgan fingerprint density at radius 2 is 2.46 bits per heavy atom. The highest BCUT2D eigenvalue weighted by Crippen LogP contribution is 2.31. The average Bonchev–Trinajstić information content (AvgIpc) is 2.52. The Labute approximate surface area is 92.5 Å². The summed E-state index contributed by atoms with van der Waals surface area (Å²) in [4.78, 5) is 6.73. The Kier molecular flexibility index (Phi) is 2.83. The summed E-state index contributed by atoms with van der Waals surface area (Å²) >= 11 is 2.32. The third kappa shape index (κ3) is 1.86. The Balaban J connectivity index is 2.29. The molecule has 2 heterocycles. The van der Waals surface area contributed by atoms with Gasteiger partial charge in [-0.15, -0.1) is 0 Å². The first kappa shape index (κ1) is 9.40. The van der Waals surface area contributed by atoms with E-state index in [-0.39, 0.29) is 0 Å². The number of halogens is 1. The molecule has 0 amide bonds. The van der Waals surface area contributed by atoms with Gasteiger partial charge in [-0.2, -0.15) is 0 Å². The van der Waals surface area contributed by atoms with E-state index in [0.717, 1.165) is 3.70 Å². The van der Waals surface area contributed by atoms with Gasteiger partial charge in [-0.3, -0.25) is 4.90 Å². The van der Waals surface area contributed by atoms with Gasteiger partial charge in [0.1, 0.15) is 3.70 Å². The molecule has 0 bridgehead atoms. The second-order valence-corrected chi connectivity index (χ2v) is 4.54. The molecule has 1 fully saturated rings. The SMILES string of the molecule is CN1CCCC1c1cccnc1I. The van der Waals surface area contributed by atoms with E-state index in [2.05, 4.69) is 45.6 Å². The minimum atomic E-state index is 0.598. The van der Waals surface area contributed by atoms with E-state index in [0.29, 0.717) is 6.04 Å². The summed E-state index contributed by atoms with van der Waals surface area (Å²) < 4.78 is 1.15. The first-order chi connectivity index (χ1) is 6.29. The van der Waals surface area contributed by atoms with Crippen LogP contribution in [0.5, 0.6) is 0 Å². The van der Waals surface area contributed by atoms with Crippen molar-refractivity contribution in [1.82, 2.24) is 9.88 Å². The van der Waals surface area contributed by atoms with Crippen LogP contribution in [0.2, 0.25) is 0 Å². The fourth-order valence-electron chi connectivity index (χ4n) is 1.95. The Bertz CT molecular complexity index is 301. The number of hydrogen-bond donors (Lipinski definition) is 0. The lowest BCUT2D eigenvalue weighted by molar-refractivity contribution is 0.316. The molecular weight excluding hydrogens is 275 g/mol. The van der Waals surface area contributed by atoms with Crippen molar-refractivity contribution in [1.29, 1.82) is 0 Å². The molecule has 2 rings (SSSR count). The highest BCUT2D eigenvalue weighted by atomic mass is 127. The molecule has 0 N–H and O–H groups in total. The summed E-state index contributed by atoms with van der Waals surface area (Å²) in [6.45, 7) is 1.22. The van der Waals surface area contributed by atoms with Crippen molar-refractivity contribution in [2.24, 2.45) is 0 Å². The lowest BCUT2D eigenvalue weighted by Crippen LogP contribution is -2.18. The molecule has 1 aliphatic rings. The standard InChI is InChI=1S/C10H13IN2/c1-13-7-3-5-9(13)8-4-2-6-12-10(8)11/h2,4,6,9H,3,5,7H2,1H3. The summed E-state index contributed by atoms with van der Waals surface area (Å²) in [7, 11) is 2.20. The first-order valence-corrected chi connectivity index (χ1v) is 5.67. The zero-order chi connectivity index (χ0) is 9.26. The van der Waals surface area contributed by atoms with Crippen LogP contribution in [0.1, 0.15) is 24.4 Å². The van der Waals surface area contributed by atoms with Gasteiger partial charge in [-0.1, -0.05) is 6.07 Å². The van der Waals surface area contributed by atoms with Crippen LogP contribution in [0, 0.1) is 3.70 Å². The van der Waals surface area contributed by atoms with Crippen molar-refractivity contribution in [3.8, 4) is 0 Å². The third-order valence-electron chi connectivity index (χ3n) is 2.67. The zero-order valence-corrected chi connectivity index (χ0v) is 9.86. The number of pyridine rings is 1. The number of likely N-dealkylation sites (tertiary alicyclic amines) is 1. The molecule has 1 atom stereocenters. The molecule has 3 heteroatoms. The molecule has 0 aliphatic carbocycles. The van der Waals surface area contributed by atoms with Crippen LogP contribution in [-0.4, -0.2) is 23.5 Å². The topological polar surface area (TPSA) is 16.1 Å². The average molecular weight is 288 g/mol. The smallest absolute Gasteiger partial charge is 0.106 e. The molecule has 1 aromatic heterocycles. The maximum Gasteiger partial charge on any atom is 0.106 e. The van der Waals surface area contributed by atoms with Crippen molar-refractivity contribution >= 4 is 22.6 Å². The first-order valence-electron chi connectivity index (χ1n) is 4.59. The molecule has 1 saturated heterocycles. The maximum atomic E-state index is 4.32. The van der Waals surface area contributed by atoms with Gasteiger partial charge in [0.2, 0.25) is 0 Å². The minimum Gasteiger partial charge on any atom is -0.299 e. The van der Waals surface area contributed by atoms with Crippen LogP contribution in [0.25, 0.3) is 0 Å². The van der Waals surface area contributed by atoms with Gasteiger partial charge in [0, 0.05) is 17.8 Å². The quantitative estimate of drug-likeness (QED) is 0.583. The molecule has 1 aromatic rings. The normalized spacial score (nSPS) is 23.7. The second-order valence-electron chi connectivity index (χ2n) is 3.52. The van der Waals surface area contributed by atoms with Gasteiger partial charge in [-0.25, -0.2) is 4.98 Å². The van der Waals surface area contributed by atoms with E-state index >= 15 is 0 Å². The van der Waals surface area contributed by atoms with E-state index in [4.69, 9.17) is 0 Å². The van der Waals surface area contributed by atoms with E-state index in [1.54, 1.807) is 0 Å². The summed E-state index contributed by atoms with van der Waals surface area (Å²) in [5, 5.41) is 0. The van der Waals surface area contributed by atoms with Crippen molar-refractivity contribution in [2.75, 3.05) is 13.6 Å². The lowest BCUT2D eigenvalue weighted by atomic mass is 10.1. The molecule has 0 spiro atoms. The van der Waals surface area contributed by atoms with Crippen molar-refractivity contribution in [2.45, 2.75) is 18.9 Å². The number of aromatic nitrogens is 1. The molecule has 70 valence electrons. The predicted octanol–water partition coefficient (Wildman–Crippen LogP) is 2.45. The molecule has 0 saturated carbocycles. The van der Waals surface area contributed by atoms with Crippen LogP contribution in [0.15, 0.2) is 18.3 Å². The molecule has 1 unspecified atom stereocenters. The Morgan fingerprint density at radius 3 is 3.08 bits per heavy atom. The highest BCUT2D eigenvalue weighted by molar-refractivity contribution is 14.1. The fraction of sp³-hybridized carbons (Fsp3) is 0.500. The van der Waals surface area contributed by atoms with Gasteiger partial charge in [0.15, 0.2) is 0 Å². The van der Waals surface area contributed by atoms with E-state index < -0.39 is 0 Å². The number of hydrogen-bond acceptors (Lipinski definition) is 2. The van der Waals surface area contributed by atoms with E-state index in [1.807, 2.05) is 12.3 Å². The van der Waals surface area contributed by atoms with Crippen LogP contribution < -0.4 is 0 Å². The van der Waals surface area contributed by atoms with Crippen LogP contribution in [0.3, 0.4) is 0 Å². The molecule has 0 aromatic carbocycles. The van der Waals surface area contributed by atoms with Gasteiger partial charge in [-0.05, 0) is 55.1 Å². The zero-order valence-electron chi connectivity index (χ0n) is 7.70. The summed E-state index contributed by atoms with van der Waals surface area (Å²) in [6.07, 6.45) is 4.45. The summed E-state index contributed by atoms with van der Waals surface area (Å²) in [5.74, 6) is 0. The lowest BCUT2D eigenvalue weighted by Gasteiger charge is -2.20. The predicted molar refractivity (Wildman–Crippen MR) is 61.6 cm³/mol. The molecular formula is C10H13IN2. The second kappa shape index (κ2) is 3.92. The van der Waals surface area contributed by atoms with Gasteiger partial charge in [0.05, 0.1) is 0 Å². The van der Waals surface area contributed by atoms with E-state index in [9.17, 15) is 0 Å². The molecule has 0 radical (unpaired) electrons. The summed E-state index contributed by atoms with van der Waals surface area (Å²) in [5.41, 5.74) is 1.39. The van der Waals surface area contributed by atoms with Crippen molar-refractivity contribution in [3.05, 3.63) is 27.6 Å². The Hall–Kier alpha value is -0.160. The molecule has 13 heavy (non-hydrogen) atoms. The molecule has 2 nitrogen and oxygen atoms in total. The number of nitrogens with zero attached hydrogens (tertiary/aromatic N) is 2. The van der Waals surface area contributed by atoms with Gasteiger partial charge < -0.3 is 0 Å². The summed E-state index contributed by atoms with van der Waals surface area (Å²) in [6, 6.07) is 4.82.